The monoisotopic (exact) mass is 440 g/mol. The molecule has 0 aromatic rings. The molecule has 0 unspecified atom stereocenters. The highest BCUT2D eigenvalue weighted by Crippen LogP contribution is 2.05. The molecule has 0 aliphatic heterocycles. The highest BCUT2D eigenvalue weighted by atomic mass is 16.3. The summed E-state index contributed by atoms with van der Waals surface area (Å²) in [5.41, 5.74) is 0. The maximum Gasteiger partial charge on any atom is 0.243 e. The van der Waals surface area contributed by atoms with Gasteiger partial charge in [-0.05, 0) is 37.8 Å². The maximum absolute atomic E-state index is 12.0. The smallest absolute Gasteiger partial charge is 0.243 e. The minimum atomic E-state index is -0.121. The van der Waals surface area contributed by atoms with Crippen molar-refractivity contribution in [1.82, 2.24) is 10.6 Å². The number of amides is 2. The molecule has 0 aromatic carbocycles. The van der Waals surface area contributed by atoms with Crippen molar-refractivity contribution in [3.05, 3.63) is 24.3 Å². The number of carbonyl (C=O) groups excluding carboxylic acids is 2. The van der Waals surface area contributed by atoms with Crippen LogP contribution in [0.4, 0.5) is 0 Å². The molecule has 0 aliphatic rings. The van der Waals surface area contributed by atoms with E-state index in [0.717, 1.165) is 38.5 Å². The van der Waals surface area contributed by atoms with Gasteiger partial charge in [0.05, 0.1) is 39.4 Å². The predicted molar refractivity (Wildman–Crippen MR) is 126 cm³/mol. The molecule has 7 heteroatoms. The first-order valence-electron chi connectivity index (χ1n) is 12.0. The summed E-state index contributed by atoms with van der Waals surface area (Å²) in [5, 5.41) is 24.8. The van der Waals surface area contributed by atoms with Crippen LogP contribution in [0.5, 0.6) is 0 Å². The fraction of sp³-hybridized carbons (Fsp3) is 0.750. The predicted octanol–water partition coefficient (Wildman–Crippen LogP) is 2.29. The van der Waals surface area contributed by atoms with Gasteiger partial charge < -0.3 is 25.3 Å². The van der Waals surface area contributed by atoms with Crippen molar-refractivity contribution in [2.75, 3.05) is 52.5 Å². The Morgan fingerprint density at radius 2 is 1.13 bits per heavy atom. The highest BCUT2D eigenvalue weighted by molar-refractivity contribution is 5.87. The number of nitrogens with zero attached hydrogens (tertiary/aromatic N) is 1. The number of aliphatic hydroxyl groups is 2. The van der Waals surface area contributed by atoms with E-state index in [4.69, 9.17) is 0 Å². The summed E-state index contributed by atoms with van der Waals surface area (Å²) in [7, 11) is 0. The Labute approximate surface area is 189 Å². The van der Waals surface area contributed by atoms with Crippen LogP contribution in [0.25, 0.3) is 0 Å². The van der Waals surface area contributed by atoms with E-state index < -0.39 is 0 Å². The Bertz CT molecular complexity index is 475. The van der Waals surface area contributed by atoms with Crippen molar-refractivity contribution in [3.63, 3.8) is 0 Å². The first-order valence-corrected chi connectivity index (χ1v) is 12.0. The van der Waals surface area contributed by atoms with Crippen molar-refractivity contribution in [1.29, 1.82) is 0 Å². The fourth-order valence-corrected chi connectivity index (χ4v) is 3.45. The van der Waals surface area contributed by atoms with Crippen molar-refractivity contribution < 1.29 is 24.3 Å². The SMILES string of the molecule is CCCCC/C=C/C(=O)NCC[N+](CCO)(CCO)CCNC(=O)/C=C/CCCCC. The van der Waals surface area contributed by atoms with Gasteiger partial charge in [-0.25, -0.2) is 0 Å². The summed E-state index contributed by atoms with van der Waals surface area (Å²) in [6.07, 6.45) is 15.6. The topological polar surface area (TPSA) is 98.7 Å². The third-order valence-electron chi connectivity index (χ3n) is 5.41. The lowest BCUT2D eigenvalue weighted by Crippen LogP contribution is -2.57. The van der Waals surface area contributed by atoms with Gasteiger partial charge in [0.2, 0.25) is 11.8 Å². The number of unbranched alkanes of at least 4 members (excludes halogenated alkanes) is 6. The Morgan fingerprint density at radius 1 is 0.710 bits per heavy atom. The molecule has 0 aromatic heterocycles. The van der Waals surface area contributed by atoms with Gasteiger partial charge in [-0.15, -0.1) is 0 Å². The zero-order valence-electron chi connectivity index (χ0n) is 19.8. The summed E-state index contributed by atoms with van der Waals surface area (Å²) in [4.78, 5) is 24.0. The summed E-state index contributed by atoms with van der Waals surface area (Å²) in [5.74, 6) is -0.242. The van der Waals surface area contributed by atoms with E-state index >= 15 is 0 Å². The zero-order chi connectivity index (χ0) is 23.2. The average Bonchev–Trinajstić information content (AvgIpc) is 2.74. The molecule has 180 valence electrons. The van der Waals surface area contributed by atoms with Crippen molar-refractivity contribution in [3.8, 4) is 0 Å². The lowest BCUT2D eigenvalue weighted by molar-refractivity contribution is -0.926. The lowest BCUT2D eigenvalue weighted by atomic mass is 10.2. The molecule has 0 heterocycles. The molecule has 0 fully saturated rings. The average molecular weight is 441 g/mol. The lowest BCUT2D eigenvalue weighted by Gasteiger charge is -2.38. The van der Waals surface area contributed by atoms with Gasteiger partial charge in [-0.2, -0.15) is 0 Å². The second kappa shape index (κ2) is 20.2. The quantitative estimate of drug-likeness (QED) is 0.133. The molecule has 31 heavy (non-hydrogen) atoms. The Morgan fingerprint density at radius 3 is 1.48 bits per heavy atom. The Hall–Kier alpha value is -1.70. The molecular weight excluding hydrogens is 394 g/mol. The number of hydrogen-bond acceptors (Lipinski definition) is 4. The largest absolute Gasteiger partial charge is 0.391 e. The van der Waals surface area contributed by atoms with Crippen molar-refractivity contribution in [2.45, 2.75) is 65.2 Å². The number of aliphatic hydroxyl groups excluding tert-OH is 2. The highest BCUT2D eigenvalue weighted by Gasteiger charge is 2.26. The summed E-state index contributed by atoms with van der Waals surface area (Å²) < 4.78 is 0.438. The normalized spacial score (nSPS) is 12.0. The van der Waals surface area contributed by atoms with Crippen LogP contribution in [0.15, 0.2) is 24.3 Å². The molecule has 7 nitrogen and oxygen atoms in total. The molecule has 0 saturated carbocycles. The first-order chi connectivity index (χ1) is 15.0. The number of rotatable bonds is 20. The molecule has 0 radical (unpaired) electrons. The van der Waals surface area contributed by atoms with E-state index in [1.165, 1.54) is 12.8 Å². The van der Waals surface area contributed by atoms with E-state index in [2.05, 4.69) is 24.5 Å². The first kappa shape index (κ1) is 29.3. The van der Waals surface area contributed by atoms with Crippen LogP contribution in [0.1, 0.15) is 65.2 Å². The molecule has 4 N–H and O–H groups in total. The van der Waals surface area contributed by atoms with Gasteiger partial charge in [-0.3, -0.25) is 9.59 Å². The van der Waals surface area contributed by atoms with E-state index in [1.54, 1.807) is 12.2 Å². The second-order valence-corrected chi connectivity index (χ2v) is 8.06. The Kier molecular flexibility index (Phi) is 19.1. The summed E-state index contributed by atoms with van der Waals surface area (Å²) in [6.45, 7) is 7.25. The molecular formula is C24H46N3O4+. The maximum atomic E-state index is 12.0. The van der Waals surface area contributed by atoms with Crippen molar-refractivity contribution in [2.24, 2.45) is 0 Å². The number of hydrogen-bond donors (Lipinski definition) is 4. The third kappa shape index (κ3) is 16.6. The van der Waals surface area contributed by atoms with Gasteiger partial charge in [0.15, 0.2) is 0 Å². The molecule has 0 saturated heterocycles. The van der Waals surface area contributed by atoms with Gasteiger partial charge in [0, 0.05) is 0 Å². The van der Waals surface area contributed by atoms with Crippen LogP contribution >= 0.6 is 0 Å². The molecule has 0 bridgehead atoms. The van der Waals surface area contributed by atoms with Crippen LogP contribution in [-0.4, -0.2) is 79.0 Å². The van der Waals surface area contributed by atoms with E-state index in [-0.39, 0.29) is 25.0 Å². The standard InChI is InChI=1S/C24H45N3O4/c1-3-5-7-9-11-13-23(30)25-15-17-27(19-21-28,20-22-29)18-16-26-24(31)14-12-10-8-6-4-2/h11-14,28-29H,3-10,15-22H2,1-2H3,(H-,25,26,30,31)/p+1/b13-11+,14-12+. The van der Waals surface area contributed by atoms with Crippen LogP contribution in [0.2, 0.25) is 0 Å². The van der Waals surface area contributed by atoms with E-state index in [9.17, 15) is 19.8 Å². The molecule has 0 rings (SSSR count). The van der Waals surface area contributed by atoms with Crippen LogP contribution in [-0.2, 0) is 9.59 Å². The van der Waals surface area contributed by atoms with Gasteiger partial charge >= 0.3 is 0 Å². The van der Waals surface area contributed by atoms with Crippen LogP contribution in [0.3, 0.4) is 0 Å². The minimum absolute atomic E-state index is 0.0173. The molecule has 0 spiro atoms. The second-order valence-electron chi connectivity index (χ2n) is 8.06. The molecule has 0 aliphatic carbocycles. The van der Waals surface area contributed by atoms with Gasteiger partial charge in [0.25, 0.3) is 0 Å². The zero-order valence-corrected chi connectivity index (χ0v) is 19.8. The van der Waals surface area contributed by atoms with E-state index in [0.29, 0.717) is 43.8 Å². The van der Waals surface area contributed by atoms with E-state index in [1.807, 2.05) is 12.2 Å². The number of nitrogens with one attached hydrogen (secondary N) is 2. The molecule has 0 atom stereocenters. The van der Waals surface area contributed by atoms with Gasteiger partial charge in [0.1, 0.15) is 13.1 Å². The van der Waals surface area contributed by atoms with Gasteiger partial charge in [-0.1, -0.05) is 51.7 Å². The fourth-order valence-electron chi connectivity index (χ4n) is 3.45. The number of carbonyl (C=O) groups is 2. The van der Waals surface area contributed by atoms with Crippen LogP contribution in [0, 0.1) is 0 Å². The van der Waals surface area contributed by atoms with Crippen molar-refractivity contribution >= 4 is 11.8 Å². The number of allylic oxidation sites excluding steroid dienone is 2. The summed E-state index contributed by atoms with van der Waals surface area (Å²) >= 11 is 0. The number of quaternary nitrogens is 1. The van der Waals surface area contributed by atoms with Crippen LogP contribution < -0.4 is 10.6 Å². The summed E-state index contributed by atoms with van der Waals surface area (Å²) in [6, 6.07) is 0. The molecule has 2 amide bonds. The minimum Gasteiger partial charge on any atom is -0.391 e. The third-order valence-corrected chi connectivity index (χ3v) is 5.41. The Balaban J connectivity index is 4.48.